The first-order chi connectivity index (χ1) is 10.5. The van der Waals surface area contributed by atoms with Gasteiger partial charge in [-0.05, 0) is 25.5 Å². The van der Waals surface area contributed by atoms with Crippen molar-refractivity contribution in [2.45, 2.75) is 50.8 Å². The van der Waals surface area contributed by atoms with Crippen LogP contribution in [0, 0.1) is 6.92 Å². The molecule has 124 valence electrons. The van der Waals surface area contributed by atoms with Crippen LogP contribution in [0.25, 0.3) is 0 Å². The topological polar surface area (TPSA) is 69.7 Å². The van der Waals surface area contributed by atoms with Gasteiger partial charge in [0.05, 0.1) is 4.90 Å². The maximum absolute atomic E-state index is 11.9. The summed E-state index contributed by atoms with van der Waals surface area (Å²) in [6.07, 6.45) is 4.38. The molecule has 0 aliphatic carbocycles. The number of hydrogen-bond donors (Lipinski definition) is 0. The summed E-state index contributed by atoms with van der Waals surface area (Å²) in [6.45, 7) is 3.75. The summed E-state index contributed by atoms with van der Waals surface area (Å²) in [7, 11) is -3.79. The van der Waals surface area contributed by atoms with Crippen molar-refractivity contribution in [3.8, 4) is 0 Å². The van der Waals surface area contributed by atoms with Crippen LogP contribution in [-0.4, -0.2) is 27.6 Å². The highest BCUT2D eigenvalue weighted by atomic mass is 32.2. The molecule has 0 unspecified atom stereocenters. The molecule has 22 heavy (non-hydrogen) atoms. The molecule has 0 radical (unpaired) electrons. The average molecular weight is 328 g/mol. The zero-order valence-electron chi connectivity index (χ0n) is 13.2. The van der Waals surface area contributed by atoms with Crippen LogP contribution in [0.1, 0.15) is 44.6 Å². The summed E-state index contributed by atoms with van der Waals surface area (Å²) in [5.74, 6) is -0.313. The van der Waals surface area contributed by atoms with E-state index in [1.54, 1.807) is 12.1 Å². The Morgan fingerprint density at radius 2 is 1.73 bits per heavy atom. The molecule has 0 fully saturated rings. The number of carbonyl (C=O) groups excluding carboxylic acids is 1. The van der Waals surface area contributed by atoms with Gasteiger partial charge in [-0.15, -0.1) is 0 Å². The van der Waals surface area contributed by atoms with Gasteiger partial charge in [-0.2, -0.15) is 8.42 Å². The summed E-state index contributed by atoms with van der Waals surface area (Å²) in [6, 6.07) is 6.38. The lowest BCUT2D eigenvalue weighted by molar-refractivity contribution is -0.144. The predicted octanol–water partition coefficient (Wildman–Crippen LogP) is 3.21. The van der Waals surface area contributed by atoms with Gasteiger partial charge in [0.15, 0.2) is 0 Å². The molecule has 0 atom stereocenters. The molecule has 0 amide bonds. The molecule has 1 aromatic rings. The van der Waals surface area contributed by atoms with E-state index in [9.17, 15) is 13.2 Å². The largest absolute Gasteiger partial charge is 0.463 e. The first-order valence-electron chi connectivity index (χ1n) is 7.57. The van der Waals surface area contributed by atoms with Gasteiger partial charge in [0.2, 0.25) is 0 Å². The zero-order valence-corrected chi connectivity index (χ0v) is 14.0. The number of rotatable bonds is 10. The van der Waals surface area contributed by atoms with Crippen LogP contribution >= 0.6 is 0 Å². The van der Waals surface area contributed by atoms with Crippen molar-refractivity contribution in [2.75, 3.05) is 13.2 Å². The Morgan fingerprint density at radius 1 is 1.05 bits per heavy atom. The van der Waals surface area contributed by atoms with Gasteiger partial charge in [-0.3, -0.25) is 8.98 Å². The van der Waals surface area contributed by atoms with Crippen LogP contribution in [0.3, 0.4) is 0 Å². The SMILES string of the molecule is CCCCCCC(=O)OCCOS(=O)(=O)c1ccc(C)cc1. The first kappa shape index (κ1) is 18.6. The molecule has 0 bridgehead atoms. The van der Waals surface area contributed by atoms with E-state index in [-0.39, 0.29) is 24.1 Å². The Morgan fingerprint density at radius 3 is 2.36 bits per heavy atom. The summed E-state index contributed by atoms with van der Waals surface area (Å²) in [4.78, 5) is 11.5. The van der Waals surface area contributed by atoms with Crippen LogP contribution in [0.15, 0.2) is 29.2 Å². The van der Waals surface area contributed by atoms with E-state index in [0.29, 0.717) is 6.42 Å². The van der Waals surface area contributed by atoms with Gasteiger partial charge in [0.25, 0.3) is 10.1 Å². The molecule has 0 aliphatic heterocycles. The highest BCUT2D eigenvalue weighted by Crippen LogP contribution is 2.13. The Hall–Kier alpha value is -1.40. The molecule has 6 heteroatoms. The molecule has 0 aliphatic rings. The molecule has 1 aromatic carbocycles. The number of carbonyl (C=O) groups is 1. The van der Waals surface area contributed by atoms with Gasteiger partial charge in [-0.1, -0.05) is 43.9 Å². The van der Waals surface area contributed by atoms with E-state index in [1.165, 1.54) is 12.1 Å². The molecule has 5 nitrogen and oxygen atoms in total. The molecule has 0 spiro atoms. The number of ether oxygens (including phenoxy) is 1. The lowest BCUT2D eigenvalue weighted by Gasteiger charge is -2.07. The minimum atomic E-state index is -3.79. The molecule has 0 saturated carbocycles. The van der Waals surface area contributed by atoms with Crippen LogP contribution in [-0.2, 0) is 23.8 Å². The highest BCUT2D eigenvalue weighted by Gasteiger charge is 2.14. The molecule has 1 rings (SSSR count). The minimum absolute atomic E-state index is 0.0578. The quantitative estimate of drug-likeness (QED) is 0.375. The summed E-state index contributed by atoms with van der Waals surface area (Å²) in [5, 5.41) is 0. The Kier molecular flexibility index (Phi) is 8.12. The van der Waals surface area contributed by atoms with Gasteiger partial charge < -0.3 is 4.74 Å². The molecule has 0 heterocycles. The lowest BCUT2D eigenvalue weighted by Crippen LogP contribution is -2.14. The van der Waals surface area contributed by atoms with Gasteiger partial charge >= 0.3 is 5.97 Å². The van der Waals surface area contributed by atoms with Crippen molar-refractivity contribution in [3.05, 3.63) is 29.8 Å². The Bertz CT molecular complexity index is 548. The molecular weight excluding hydrogens is 304 g/mol. The van der Waals surface area contributed by atoms with Gasteiger partial charge in [-0.25, -0.2) is 0 Å². The molecule has 0 saturated heterocycles. The van der Waals surface area contributed by atoms with Crippen molar-refractivity contribution in [1.82, 2.24) is 0 Å². The van der Waals surface area contributed by atoms with Crippen molar-refractivity contribution in [1.29, 1.82) is 0 Å². The van der Waals surface area contributed by atoms with Crippen LogP contribution in [0.4, 0.5) is 0 Å². The zero-order chi connectivity index (χ0) is 16.4. The minimum Gasteiger partial charge on any atom is -0.463 e. The highest BCUT2D eigenvalue weighted by molar-refractivity contribution is 7.86. The Balaban J connectivity index is 2.26. The molecule has 0 N–H and O–H groups in total. The number of unbranched alkanes of at least 4 members (excludes halogenated alkanes) is 3. The van der Waals surface area contributed by atoms with E-state index in [1.807, 2.05) is 6.92 Å². The normalized spacial score (nSPS) is 11.4. The summed E-state index contributed by atoms with van der Waals surface area (Å²) < 4.78 is 33.5. The van der Waals surface area contributed by atoms with Crippen molar-refractivity contribution < 1.29 is 22.1 Å². The smallest absolute Gasteiger partial charge is 0.305 e. The van der Waals surface area contributed by atoms with Crippen LogP contribution < -0.4 is 0 Å². The molecule has 0 aromatic heterocycles. The van der Waals surface area contributed by atoms with E-state index in [0.717, 1.165) is 31.2 Å². The third-order valence-corrected chi connectivity index (χ3v) is 4.46. The summed E-state index contributed by atoms with van der Waals surface area (Å²) in [5.41, 5.74) is 0.968. The van der Waals surface area contributed by atoms with Crippen molar-refractivity contribution in [2.24, 2.45) is 0 Å². The van der Waals surface area contributed by atoms with Crippen molar-refractivity contribution in [3.63, 3.8) is 0 Å². The number of hydrogen-bond acceptors (Lipinski definition) is 5. The summed E-state index contributed by atoms with van der Waals surface area (Å²) >= 11 is 0. The second kappa shape index (κ2) is 9.58. The van der Waals surface area contributed by atoms with Crippen molar-refractivity contribution >= 4 is 16.1 Å². The molecular formula is C16H24O5S. The fourth-order valence-corrected chi connectivity index (χ4v) is 2.73. The second-order valence-electron chi connectivity index (χ2n) is 5.12. The monoisotopic (exact) mass is 328 g/mol. The maximum Gasteiger partial charge on any atom is 0.305 e. The average Bonchev–Trinajstić information content (AvgIpc) is 2.49. The van der Waals surface area contributed by atoms with E-state index in [2.05, 4.69) is 6.92 Å². The van der Waals surface area contributed by atoms with E-state index >= 15 is 0 Å². The lowest BCUT2D eigenvalue weighted by atomic mass is 10.2. The third kappa shape index (κ3) is 7.04. The maximum atomic E-state index is 11.9. The van der Waals surface area contributed by atoms with Gasteiger partial charge in [0.1, 0.15) is 13.2 Å². The van der Waals surface area contributed by atoms with E-state index in [4.69, 9.17) is 8.92 Å². The van der Waals surface area contributed by atoms with Crippen LogP contribution in [0.2, 0.25) is 0 Å². The fraction of sp³-hybridized carbons (Fsp3) is 0.562. The third-order valence-electron chi connectivity index (χ3n) is 3.13. The van der Waals surface area contributed by atoms with Crippen LogP contribution in [0.5, 0.6) is 0 Å². The number of aryl methyl sites for hydroxylation is 1. The van der Waals surface area contributed by atoms with E-state index < -0.39 is 10.1 Å². The standard InChI is InChI=1S/C16H24O5S/c1-3-4-5-6-7-16(17)20-12-13-21-22(18,19)15-10-8-14(2)9-11-15/h8-11H,3-7,12-13H2,1-2H3. The second-order valence-corrected chi connectivity index (χ2v) is 6.74. The van der Waals surface area contributed by atoms with Gasteiger partial charge in [0, 0.05) is 6.42 Å². The first-order valence-corrected chi connectivity index (χ1v) is 8.98. The predicted molar refractivity (Wildman–Crippen MR) is 84.0 cm³/mol. The fourth-order valence-electron chi connectivity index (χ4n) is 1.84. The number of esters is 1. The Labute approximate surface area is 132 Å². The number of benzene rings is 1.